The topological polar surface area (TPSA) is 88.3 Å². The van der Waals surface area contributed by atoms with Crippen LogP contribution in [0.15, 0.2) is 4.52 Å². The van der Waals surface area contributed by atoms with E-state index < -0.39 is 12.0 Å². The lowest BCUT2D eigenvalue weighted by Gasteiger charge is -2.05. The van der Waals surface area contributed by atoms with E-state index in [0.717, 1.165) is 0 Å². The van der Waals surface area contributed by atoms with Crippen LogP contribution in [0.3, 0.4) is 0 Å². The first-order valence-electron chi connectivity index (χ1n) is 4.79. The third-order valence-corrected chi connectivity index (χ3v) is 1.93. The molecule has 0 aliphatic heterocycles. The van der Waals surface area contributed by atoms with Crippen LogP contribution in [0.5, 0.6) is 0 Å². The van der Waals surface area contributed by atoms with Gasteiger partial charge in [0.25, 0.3) is 0 Å². The fourth-order valence-corrected chi connectivity index (χ4v) is 0.902. The van der Waals surface area contributed by atoms with E-state index in [-0.39, 0.29) is 12.5 Å². The molecule has 15 heavy (non-hydrogen) atoms. The number of hydrogen-bond donors (Lipinski definition) is 2. The second kappa shape index (κ2) is 4.88. The molecule has 0 aliphatic rings. The van der Waals surface area contributed by atoms with Crippen LogP contribution < -0.4 is 5.32 Å². The van der Waals surface area contributed by atoms with E-state index in [4.69, 9.17) is 9.63 Å². The normalized spacial score (nSPS) is 13.1. The number of hydrogen-bond acceptors (Lipinski definition) is 5. The van der Waals surface area contributed by atoms with Gasteiger partial charge in [-0.05, 0) is 6.92 Å². The van der Waals surface area contributed by atoms with E-state index in [1.165, 1.54) is 0 Å². The molecule has 1 aromatic rings. The van der Waals surface area contributed by atoms with Crippen molar-refractivity contribution in [1.29, 1.82) is 0 Å². The number of nitrogens with one attached hydrogen (secondary N) is 1. The Kier molecular flexibility index (Phi) is 3.79. The molecular formula is C9H15N3O3. The van der Waals surface area contributed by atoms with Crippen molar-refractivity contribution in [1.82, 2.24) is 15.5 Å². The van der Waals surface area contributed by atoms with Gasteiger partial charge < -0.3 is 9.63 Å². The first kappa shape index (κ1) is 11.6. The molecule has 6 nitrogen and oxygen atoms in total. The molecule has 0 saturated heterocycles. The predicted octanol–water partition coefficient (Wildman–Crippen LogP) is 0.756. The Balaban J connectivity index is 2.47. The molecule has 6 heteroatoms. The fourth-order valence-electron chi connectivity index (χ4n) is 0.902. The van der Waals surface area contributed by atoms with Gasteiger partial charge in [-0.2, -0.15) is 4.98 Å². The van der Waals surface area contributed by atoms with E-state index >= 15 is 0 Å². The van der Waals surface area contributed by atoms with E-state index in [1.807, 2.05) is 13.8 Å². The van der Waals surface area contributed by atoms with Gasteiger partial charge in [-0.1, -0.05) is 19.0 Å². The summed E-state index contributed by atoms with van der Waals surface area (Å²) >= 11 is 0. The third-order valence-electron chi connectivity index (χ3n) is 1.93. The van der Waals surface area contributed by atoms with Crippen LogP contribution in [0, 0.1) is 0 Å². The average Bonchev–Trinajstić information content (AvgIpc) is 2.62. The zero-order valence-corrected chi connectivity index (χ0v) is 9.02. The summed E-state index contributed by atoms with van der Waals surface area (Å²) < 4.78 is 4.94. The number of carbonyl (C=O) groups is 1. The van der Waals surface area contributed by atoms with Gasteiger partial charge in [-0.15, -0.1) is 0 Å². The van der Waals surface area contributed by atoms with Crippen molar-refractivity contribution in [2.24, 2.45) is 0 Å². The van der Waals surface area contributed by atoms with Crippen LogP contribution in [-0.2, 0) is 11.3 Å². The summed E-state index contributed by atoms with van der Waals surface area (Å²) in [4.78, 5) is 14.6. The Labute approximate surface area is 87.7 Å². The molecule has 1 aromatic heterocycles. The molecular weight excluding hydrogens is 198 g/mol. The zero-order valence-electron chi connectivity index (χ0n) is 9.02. The lowest BCUT2D eigenvalue weighted by atomic mass is 10.2. The first-order valence-corrected chi connectivity index (χ1v) is 4.79. The van der Waals surface area contributed by atoms with Crippen molar-refractivity contribution in [2.45, 2.75) is 39.3 Å². The molecule has 0 saturated carbocycles. The minimum Gasteiger partial charge on any atom is -0.480 e. The van der Waals surface area contributed by atoms with E-state index in [2.05, 4.69) is 15.5 Å². The third kappa shape index (κ3) is 3.32. The molecule has 0 aromatic carbocycles. The largest absolute Gasteiger partial charge is 0.480 e. The van der Waals surface area contributed by atoms with Crippen molar-refractivity contribution in [3.8, 4) is 0 Å². The van der Waals surface area contributed by atoms with Gasteiger partial charge in [0.1, 0.15) is 6.04 Å². The van der Waals surface area contributed by atoms with Gasteiger partial charge in [-0.25, -0.2) is 0 Å². The summed E-state index contributed by atoms with van der Waals surface area (Å²) in [6, 6.07) is -0.626. The highest BCUT2D eigenvalue weighted by molar-refractivity contribution is 5.72. The highest BCUT2D eigenvalue weighted by Crippen LogP contribution is 2.09. The van der Waals surface area contributed by atoms with Gasteiger partial charge in [0.15, 0.2) is 5.82 Å². The molecule has 0 radical (unpaired) electrons. The summed E-state index contributed by atoms with van der Waals surface area (Å²) in [6.07, 6.45) is 0. The number of nitrogens with zero attached hydrogens (tertiary/aromatic N) is 2. The summed E-state index contributed by atoms with van der Waals surface area (Å²) in [6.45, 7) is 5.75. The van der Waals surface area contributed by atoms with Gasteiger partial charge in [0, 0.05) is 5.92 Å². The number of carboxylic acid groups (broad SMARTS) is 1. The maximum atomic E-state index is 10.5. The molecule has 0 bridgehead atoms. The van der Waals surface area contributed by atoms with Crippen molar-refractivity contribution >= 4 is 5.97 Å². The maximum Gasteiger partial charge on any atom is 0.320 e. The van der Waals surface area contributed by atoms with Crippen LogP contribution in [0.25, 0.3) is 0 Å². The SMILES string of the molecule is CC(NCc1nc(C(C)C)no1)C(=O)O. The zero-order chi connectivity index (χ0) is 11.4. The minimum absolute atomic E-state index is 0.208. The summed E-state index contributed by atoms with van der Waals surface area (Å²) in [5.41, 5.74) is 0. The molecule has 1 atom stereocenters. The monoisotopic (exact) mass is 213 g/mol. The van der Waals surface area contributed by atoms with E-state index in [9.17, 15) is 4.79 Å². The van der Waals surface area contributed by atoms with Crippen molar-refractivity contribution in [3.63, 3.8) is 0 Å². The lowest BCUT2D eigenvalue weighted by Crippen LogP contribution is -2.33. The van der Waals surface area contributed by atoms with Crippen molar-refractivity contribution < 1.29 is 14.4 Å². The summed E-state index contributed by atoms with van der Waals surface area (Å²) in [5, 5.41) is 15.1. The Bertz CT molecular complexity index is 335. The Morgan fingerprint density at radius 3 is 2.67 bits per heavy atom. The quantitative estimate of drug-likeness (QED) is 0.750. The van der Waals surface area contributed by atoms with E-state index in [0.29, 0.717) is 11.7 Å². The second-order valence-electron chi connectivity index (χ2n) is 3.64. The molecule has 2 N–H and O–H groups in total. The smallest absolute Gasteiger partial charge is 0.320 e. The molecule has 0 fully saturated rings. The van der Waals surface area contributed by atoms with Crippen LogP contribution >= 0.6 is 0 Å². The molecule has 1 unspecified atom stereocenters. The van der Waals surface area contributed by atoms with Crippen LogP contribution in [0.4, 0.5) is 0 Å². The Morgan fingerprint density at radius 1 is 1.53 bits per heavy atom. The van der Waals surface area contributed by atoms with Crippen LogP contribution in [0.2, 0.25) is 0 Å². The number of aliphatic carboxylic acids is 1. The molecule has 0 spiro atoms. The Hall–Kier alpha value is -1.43. The lowest BCUT2D eigenvalue weighted by molar-refractivity contribution is -0.139. The number of aromatic nitrogens is 2. The second-order valence-corrected chi connectivity index (χ2v) is 3.64. The molecule has 0 aliphatic carbocycles. The maximum absolute atomic E-state index is 10.5. The molecule has 1 heterocycles. The average molecular weight is 213 g/mol. The van der Waals surface area contributed by atoms with Gasteiger partial charge in [-0.3, -0.25) is 10.1 Å². The highest BCUT2D eigenvalue weighted by atomic mass is 16.5. The predicted molar refractivity (Wildman–Crippen MR) is 52.3 cm³/mol. The summed E-state index contributed by atoms with van der Waals surface area (Å²) in [5.74, 6) is 0.347. The Morgan fingerprint density at radius 2 is 2.20 bits per heavy atom. The molecule has 1 rings (SSSR count). The summed E-state index contributed by atoms with van der Waals surface area (Å²) in [7, 11) is 0. The highest BCUT2D eigenvalue weighted by Gasteiger charge is 2.13. The first-order chi connectivity index (χ1) is 7.00. The fraction of sp³-hybridized carbons (Fsp3) is 0.667. The molecule has 0 amide bonds. The van der Waals surface area contributed by atoms with Gasteiger partial charge in [0.05, 0.1) is 6.54 Å². The van der Waals surface area contributed by atoms with Crippen molar-refractivity contribution in [2.75, 3.05) is 0 Å². The van der Waals surface area contributed by atoms with Crippen LogP contribution in [-0.4, -0.2) is 27.3 Å². The van der Waals surface area contributed by atoms with Crippen molar-refractivity contribution in [3.05, 3.63) is 11.7 Å². The number of carboxylic acids is 1. The number of rotatable bonds is 5. The molecule has 84 valence electrons. The van der Waals surface area contributed by atoms with Gasteiger partial charge in [0.2, 0.25) is 5.89 Å². The van der Waals surface area contributed by atoms with Crippen LogP contribution in [0.1, 0.15) is 38.4 Å². The standard InChI is InChI=1S/C9H15N3O3/c1-5(2)8-11-7(15-12-8)4-10-6(3)9(13)14/h5-6,10H,4H2,1-3H3,(H,13,14). The van der Waals surface area contributed by atoms with Gasteiger partial charge >= 0.3 is 5.97 Å². The minimum atomic E-state index is -0.904. The van der Waals surface area contributed by atoms with E-state index in [1.54, 1.807) is 6.92 Å².